The summed E-state index contributed by atoms with van der Waals surface area (Å²) in [7, 11) is 3.11. The lowest BCUT2D eigenvalue weighted by molar-refractivity contribution is -0.384. The second kappa shape index (κ2) is 8.60. The lowest BCUT2D eigenvalue weighted by Gasteiger charge is -2.32. The molecular formula is C20H23N3O5. The van der Waals surface area contributed by atoms with Crippen molar-refractivity contribution < 1.29 is 19.2 Å². The molecule has 0 saturated carbocycles. The molecular weight excluding hydrogens is 362 g/mol. The maximum absolute atomic E-state index is 12.7. The number of rotatable bonds is 6. The minimum atomic E-state index is -0.372. The molecule has 1 aliphatic heterocycles. The highest BCUT2D eigenvalue weighted by atomic mass is 16.6. The maximum Gasteiger partial charge on any atom is 0.292 e. The van der Waals surface area contributed by atoms with Gasteiger partial charge in [0.1, 0.15) is 17.2 Å². The number of nitrogens with one attached hydrogen (secondary N) is 1. The summed E-state index contributed by atoms with van der Waals surface area (Å²) in [6, 6.07) is 11.9. The van der Waals surface area contributed by atoms with Crippen molar-refractivity contribution in [3.8, 4) is 11.5 Å². The number of nitro benzene ring substituents is 1. The first kappa shape index (κ1) is 19.5. The largest absolute Gasteiger partial charge is 0.497 e. The number of hydrogen-bond acceptors (Lipinski definition) is 6. The number of hydrogen-bond donors (Lipinski definition) is 1. The molecule has 8 nitrogen and oxygen atoms in total. The van der Waals surface area contributed by atoms with Gasteiger partial charge in [-0.3, -0.25) is 14.9 Å². The molecule has 1 N–H and O–H groups in total. The Kier molecular flexibility index (Phi) is 5.98. The fourth-order valence-electron chi connectivity index (χ4n) is 3.42. The van der Waals surface area contributed by atoms with Crippen LogP contribution in [0, 0.1) is 16.0 Å². The van der Waals surface area contributed by atoms with E-state index < -0.39 is 0 Å². The number of methoxy groups -OCH3 is 2. The van der Waals surface area contributed by atoms with Gasteiger partial charge in [-0.1, -0.05) is 12.1 Å². The third-order valence-electron chi connectivity index (χ3n) is 4.95. The Morgan fingerprint density at radius 2 is 1.86 bits per heavy atom. The van der Waals surface area contributed by atoms with Gasteiger partial charge < -0.3 is 19.7 Å². The van der Waals surface area contributed by atoms with Crippen molar-refractivity contribution in [3.05, 3.63) is 52.6 Å². The third kappa shape index (κ3) is 4.16. The van der Waals surface area contributed by atoms with E-state index in [2.05, 4.69) is 5.32 Å². The highest BCUT2D eigenvalue weighted by molar-refractivity contribution is 5.94. The second-order valence-electron chi connectivity index (χ2n) is 6.56. The Balaban J connectivity index is 1.66. The van der Waals surface area contributed by atoms with Crippen LogP contribution in [0.3, 0.4) is 0 Å². The van der Waals surface area contributed by atoms with Crippen LogP contribution in [0.15, 0.2) is 42.5 Å². The Labute approximate surface area is 163 Å². The zero-order valence-corrected chi connectivity index (χ0v) is 15.9. The minimum Gasteiger partial charge on any atom is -0.497 e. The van der Waals surface area contributed by atoms with Crippen LogP contribution in [0.25, 0.3) is 0 Å². The monoisotopic (exact) mass is 385 g/mol. The molecule has 1 saturated heterocycles. The molecule has 0 spiro atoms. The van der Waals surface area contributed by atoms with Crippen molar-refractivity contribution in [2.24, 2.45) is 5.92 Å². The number of amides is 1. The quantitative estimate of drug-likeness (QED) is 0.604. The van der Waals surface area contributed by atoms with Crippen LogP contribution in [0.2, 0.25) is 0 Å². The first-order valence-corrected chi connectivity index (χ1v) is 9.04. The van der Waals surface area contributed by atoms with E-state index in [1.165, 1.54) is 6.07 Å². The number of ether oxygens (including phenoxy) is 2. The van der Waals surface area contributed by atoms with Gasteiger partial charge in [0.05, 0.1) is 24.8 Å². The molecule has 0 bridgehead atoms. The van der Waals surface area contributed by atoms with E-state index in [0.29, 0.717) is 48.8 Å². The van der Waals surface area contributed by atoms with Crippen LogP contribution in [0.5, 0.6) is 11.5 Å². The molecule has 1 heterocycles. The predicted molar refractivity (Wildman–Crippen MR) is 106 cm³/mol. The van der Waals surface area contributed by atoms with Crippen molar-refractivity contribution in [1.29, 1.82) is 0 Å². The summed E-state index contributed by atoms with van der Waals surface area (Å²) < 4.78 is 10.5. The van der Waals surface area contributed by atoms with Crippen molar-refractivity contribution in [2.45, 2.75) is 12.8 Å². The zero-order chi connectivity index (χ0) is 20.1. The smallest absolute Gasteiger partial charge is 0.292 e. The zero-order valence-electron chi connectivity index (χ0n) is 15.9. The lowest BCUT2D eigenvalue weighted by atomic mass is 9.95. The minimum absolute atomic E-state index is 0.0891. The molecule has 1 fully saturated rings. The molecule has 0 aliphatic carbocycles. The molecule has 1 amide bonds. The Morgan fingerprint density at radius 3 is 2.50 bits per heavy atom. The Hall–Kier alpha value is -3.29. The molecule has 0 radical (unpaired) electrons. The number of nitro groups is 1. The van der Waals surface area contributed by atoms with Crippen LogP contribution in [0.4, 0.5) is 17.1 Å². The highest BCUT2D eigenvalue weighted by Crippen LogP contribution is 2.33. The number of anilines is 2. The number of para-hydroxylation sites is 2. The number of carbonyl (C=O) groups is 1. The predicted octanol–water partition coefficient (Wildman–Crippen LogP) is 3.47. The van der Waals surface area contributed by atoms with Gasteiger partial charge in [-0.2, -0.15) is 0 Å². The summed E-state index contributed by atoms with van der Waals surface area (Å²) in [6.07, 6.45) is 1.23. The first-order valence-electron chi connectivity index (χ1n) is 9.04. The summed E-state index contributed by atoms with van der Waals surface area (Å²) in [4.78, 5) is 25.6. The average molecular weight is 385 g/mol. The van der Waals surface area contributed by atoms with E-state index in [9.17, 15) is 14.9 Å². The van der Waals surface area contributed by atoms with Crippen LogP contribution in [0.1, 0.15) is 12.8 Å². The van der Waals surface area contributed by atoms with Gasteiger partial charge in [0.15, 0.2) is 0 Å². The van der Waals surface area contributed by atoms with Crippen molar-refractivity contribution >= 4 is 23.0 Å². The van der Waals surface area contributed by atoms with Gasteiger partial charge in [0.25, 0.3) is 5.69 Å². The van der Waals surface area contributed by atoms with E-state index in [-0.39, 0.29) is 22.4 Å². The summed E-state index contributed by atoms with van der Waals surface area (Å²) in [5.74, 6) is 0.928. The standard InChI is InChI=1S/C20H23N3O5/c1-27-15-7-8-19(28-2)16(13-15)21-20(24)14-9-11-22(12-10-14)17-5-3-4-6-18(17)23(25)26/h3-8,13-14H,9-12H2,1-2H3,(H,21,24). The number of benzene rings is 2. The summed E-state index contributed by atoms with van der Waals surface area (Å²) >= 11 is 0. The van der Waals surface area contributed by atoms with Gasteiger partial charge in [-0.05, 0) is 31.0 Å². The van der Waals surface area contributed by atoms with Gasteiger partial charge in [0, 0.05) is 31.1 Å². The normalized spacial score (nSPS) is 14.4. The van der Waals surface area contributed by atoms with Gasteiger partial charge in [0.2, 0.25) is 5.91 Å². The van der Waals surface area contributed by atoms with Gasteiger partial charge in [-0.15, -0.1) is 0 Å². The van der Waals surface area contributed by atoms with Crippen LogP contribution in [-0.2, 0) is 4.79 Å². The molecule has 148 valence electrons. The molecule has 0 atom stereocenters. The molecule has 8 heteroatoms. The second-order valence-corrected chi connectivity index (χ2v) is 6.56. The molecule has 2 aromatic rings. The fraction of sp³-hybridized carbons (Fsp3) is 0.350. The first-order chi connectivity index (χ1) is 13.5. The molecule has 1 aliphatic rings. The maximum atomic E-state index is 12.7. The molecule has 0 aromatic heterocycles. The van der Waals surface area contributed by atoms with Crippen LogP contribution >= 0.6 is 0 Å². The van der Waals surface area contributed by atoms with Gasteiger partial charge in [-0.25, -0.2) is 0 Å². The van der Waals surface area contributed by atoms with E-state index in [1.807, 2.05) is 4.90 Å². The van der Waals surface area contributed by atoms with Crippen LogP contribution < -0.4 is 19.7 Å². The Bertz CT molecular complexity index is 863. The van der Waals surface area contributed by atoms with E-state index in [4.69, 9.17) is 9.47 Å². The summed E-state index contributed by atoms with van der Waals surface area (Å²) in [6.45, 7) is 1.16. The number of nitrogens with zero attached hydrogens (tertiary/aromatic N) is 2. The summed E-state index contributed by atoms with van der Waals surface area (Å²) in [5.41, 5.74) is 1.25. The molecule has 0 unspecified atom stereocenters. The number of carbonyl (C=O) groups excluding carboxylic acids is 1. The number of piperidine rings is 1. The van der Waals surface area contributed by atoms with Crippen molar-refractivity contribution in [2.75, 3.05) is 37.5 Å². The molecule has 28 heavy (non-hydrogen) atoms. The molecule has 3 rings (SSSR count). The topological polar surface area (TPSA) is 93.9 Å². The van der Waals surface area contributed by atoms with Crippen molar-refractivity contribution in [1.82, 2.24) is 0 Å². The van der Waals surface area contributed by atoms with E-state index in [0.717, 1.165) is 0 Å². The lowest BCUT2D eigenvalue weighted by Crippen LogP contribution is -2.38. The van der Waals surface area contributed by atoms with Gasteiger partial charge >= 0.3 is 0 Å². The van der Waals surface area contributed by atoms with Crippen molar-refractivity contribution in [3.63, 3.8) is 0 Å². The highest BCUT2D eigenvalue weighted by Gasteiger charge is 2.28. The molecule has 2 aromatic carbocycles. The van der Waals surface area contributed by atoms with Crippen LogP contribution in [-0.4, -0.2) is 38.1 Å². The average Bonchev–Trinajstić information content (AvgIpc) is 2.73. The summed E-state index contributed by atoms with van der Waals surface area (Å²) in [5, 5.41) is 14.2. The SMILES string of the molecule is COc1ccc(OC)c(NC(=O)C2CCN(c3ccccc3[N+](=O)[O-])CC2)c1. The fourth-order valence-corrected chi connectivity index (χ4v) is 3.42. The third-order valence-corrected chi connectivity index (χ3v) is 4.95. The Morgan fingerprint density at radius 1 is 1.14 bits per heavy atom. The van der Waals surface area contributed by atoms with E-state index >= 15 is 0 Å². The van der Waals surface area contributed by atoms with E-state index in [1.54, 1.807) is 50.6 Å².